The molecule has 0 atom stereocenters. The van der Waals surface area contributed by atoms with E-state index in [0.29, 0.717) is 6.42 Å². The van der Waals surface area contributed by atoms with Gasteiger partial charge in [-0.1, -0.05) is 12.1 Å². The van der Waals surface area contributed by atoms with Gasteiger partial charge in [-0.3, -0.25) is 20.4 Å². The minimum Gasteiger partial charge on any atom is -0.324 e. The lowest BCUT2D eigenvalue weighted by Crippen LogP contribution is -2.50. The Kier molecular flexibility index (Phi) is 4.69. The molecule has 4 aliphatic carbocycles. The summed E-state index contributed by atoms with van der Waals surface area (Å²) in [5, 5.41) is 0. The first-order chi connectivity index (χ1) is 14.1. The topological polar surface area (TPSA) is 63.1 Å². The molecule has 0 saturated heterocycles. The molecule has 5 nitrogen and oxygen atoms in total. The highest BCUT2D eigenvalue weighted by Crippen LogP contribution is 2.61. The number of hydrazine groups is 1. The second kappa shape index (κ2) is 7.36. The van der Waals surface area contributed by atoms with Gasteiger partial charge in [-0.25, -0.2) is 0 Å². The zero-order chi connectivity index (χ0) is 19.8. The number of aromatic nitrogens is 1. The summed E-state index contributed by atoms with van der Waals surface area (Å²) >= 11 is 0. The highest BCUT2D eigenvalue weighted by atomic mass is 16.2. The second-order valence-corrected chi connectivity index (χ2v) is 9.62. The van der Waals surface area contributed by atoms with Crippen LogP contribution in [0.1, 0.15) is 50.5 Å². The van der Waals surface area contributed by atoms with E-state index in [1.165, 1.54) is 38.5 Å². The first-order valence-corrected chi connectivity index (χ1v) is 10.9. The fourth-order valence-corrected chi connectivity index (χ4v) is 6.55. The Morgan fingerprint density at radius 1 is 0.862 bits per heavy atom. The van der Waals surface area contributed by atoms with Crippen LogP contribution in [0.15, 0.2) is 48.8 Å². The summed E-state index contributed by atoms with van der Waals surface area (Å²) in [6, 6.07) is 11.8. The van der Waals surface area contributed by atoms with Crippen LogP contribution >= 0.6 is 0 Å². The molecule has 0 unspecified atom stereocenters. The Morgan fingerprint density at radius 2 is 1.41 bits per heavy atom. The van der Waals surface area contributed by atoms with Crippen LogP contribution < -0.4 is 10.9 Å². The first kappa shape index (κ1) is 18.5. The van der Waals surface area contributed by atoms with E-state index in [9.17, 15) is 9.59 Å². The van der Waals surface area contributed by atoms with E-state index >= 15 is 0 Å². The van der Waals surface area contributed by atoms with Gasteiger partial charge in [0, 0.05) is 24.5 Å². The fraction of sp³-hybridized carbons (Fsp3) is 0.500. The van der Waals surface area contributed by atoms with E-state index < -0.39 is 0 Å². The summed E-state index contributed by atoms with van der Waals surface area (Å²) in [4.78, 5) is 24.8. The Morgan fingerprint density at radius 3 is 2.00 bits per heavy atom. The third-order valence-corrected chi connectivity index (χ3v) is 7.25. The molecule has 4 fully saturated rings. The third-order valence-electron chi connectivity index (χ3n) is 7.25. The van der Waals surface area contributed by atoms with E-state index in [-0.39, 0.29) is 23.7 Å². The minimum absolute atomic E-state index is 0.0387. The molecule has 2 amide bonds. The maximum atomic E-state index is 12.5. The Hall–Kier alpha value is -2.56. The lowest BCUT2D eigenvalue weighted by Gasteiger charge is -2.56. The molecule has 4 aliphatic rings. The molecule has 6 rings (SSSR count). The van der Waals surface area contributed by atoms with Gasteiger partial charge in [0.15, 0.2) is 0 Å². The lowest BCUT2D eigenvalue weighted by molar-refractivity contribution is -0.134. The molecule has 1 aromatic carbocycles. The van der Waals surface area contributed by atoms with Gasteiger partial charge in [-0.05, 0) is 91.5 Å². The molecule has 4 saturated carbocycles. The molecule has 5 heteroatoms. The van der Waals surface area contributed by atoms with Gasteiger partial charge >= 0.3 is 0 Å². The fourth-order valence-electron chi connectivity index (χ4n) is 6.55. The van der Waals surface area contributed by atoms with Gasteiger partial charge < -0.3 is 4.57 Å². The maximum absolute atomic E-state index is 12.5. The number of nitrogens with zero attached hydrogens (tertiary/aromatic N) is 1. The molecule has 29 heavy (non-hydrogen) atoms. The van der Waals surface area contributed by atoms with Crippen molar-refractivity contribution in [3.8, 4) is 5.69 Å². The van der Waals surface area contributed by atoms with Gasteiger partial charge in [-0.15, -0.1) is 0 Å². The van der Waals surface area contributed by atoms with Crippen LogP contribution in [0.5, 0.6) is 0 Å². The van der Waals surface area contributed by atoms with E-state index in [0.717, 1.165) is 29.0 Å². The van der Waals surface area contributed by atoms with Crippen LogP contribution in [0, 0.1) is 23.2 Å². The highest BCUT2D eigenvalue weighted by Gasteiger charge is 2.51. The van der Waals surface area contributed by atoms with Crippen molar-refractivity contribution in [3.05, 3.63) is 54.4 Å². The zero-order valence-electron chi connectivity index (χ0n) is 16.8. The SMILES string of the molecule is O=C(Cc1ccc(-n2cccc2)cc1)NNC(=O)CC12CC3CC(CC(C3)C1)C2. The van der Waals surface area contributed by atoms with Crippen LogP contribution in [0.4, 0.5) is 0 Å². The molecule has 1 aromatic heterocycles. The summed E-state index contributed by atoms with van der Waals surface area (Å²) in [6.07, 6.45) is 12.5. The van der Waals surface area contributed by atoms with Crippen molar-refractivity contribution in [2.45, 2.75) is 51.4 Å². The van der Waals surface area contributed by atoms with Crippen molar-refractivity contribution in [1.29, 1.82) is 0 Å². The average Bonchev–Trinajstić information content (AvgIpc) is 3.20. The van der Waals surface area contributed by atoms with Crippen LogP contribution in [0.25, 0.3) is 5.69 Å². The molecule has 4 bridgehead atoms. The largest absolute Gasteiger partial charge is 0.324 e. The number of carbonyl (C=O) groups excluding carboxylic acids is 2. The smallest absolute Gasteiger partial charge is 0.242 e. The molecular weight excluding hydrogens is 362 g/mol. The maximum Gasteiger partial charge on any atom is 0.242 e. The highest BCUT2D eigenvalue weighted by molar-refractivity contribution is 5.83. The van der Waals surface area contributed by atoms with Crippen LogP contribution in [0.3, 0.4) is 0 Å². The number of hydrogen-bond donors (Lipinski definition) is 2. The van der Waals surface area contributed by atoms with Crippen molar-refractivity contribution < 1.29 is 9.59 Å². The number of rotatable bonds is 5. The van der Waals surface area contributed by atoms with Gasteiger partial charge in [0.2, 0.25) is 11.8 Å². The Balaban J connectivity index is 1.11. The van der Waals surface area contributed by atoms with Gasteiger partial charge in [-0.2, -0.15) is 0 Å². The second-order valence-electron chi connectivity index (χ2n) is 9.62. The van der Waals surface area contributed by atoms with Gasteiger partial charge in [0.05, 0.1) is 6.42 Å². The molecular formula is C24H29N3O2. The number of nitrogens with one attached hydrogen (secondary N) is 2. The van der Waals surface area contributed by atoms with Crippen LogP contribution in [-0.4, -0.2) is 16.4 Å². The summed E-state index contributed by atoms with van der Waals surface area (Å²) < 4.78 is 2.02. The third kappa shape index (κ3) is 3.96. The van der Waals surface area contributed by atoms with Crippen molar-refractivity contribution in [2.24, 2.45) is 23.2 Å². The van der Waals surface area contributed by atoms with Crippen molar-refractivity contribution in [1.82, 2.24) is 15.4 Å². The van der Waals surface area contributed by atoms with E-state index in [2.05, 4.69) is 10.9 Å². The zero-order valence-corrected chi connectivity index (χ0v) is 16.8. The quantitative estimate of drug-likeness (QED) is 0.762. The standard InChI is InChI=1S/C24H29N3O2/c28-22(12-17-3-5-21(6-4-17)27-7-1-2-8-27)25-26-23(29)16-24-13-18-9-19(14-24)11-20(10-18)15-24/h1-8,18-20H,9-16H2,(H,25,28)(H,26,29). The molecule has 2 aromatic rings. The normalized spacial score (nSPS) is 29.6. The Bertz CT molecular complexity index is 850. The molecule has 0 radical (unpaired) electrons. The van der Waals surface area contributed by atoms with Crippen LogP contribution in [-0.2, 0) is 16.0 Å². The van der Waals surface area contributed by atoms with Gasteiger partial charge in [0.1, 0.15) is 0 Å². The molecule has 0 spiro atoms. The van der Waals surface area contributed by atoms with Crippen LogP contribution in [0.2, 0.25) is 0 Å². The summed E-state index contributed by atoms with van der Waals surface area (Å²) in [7, 11) is 0. The predicted molar refractivity (Wildman–Crippen MR) is 111 cm³/mol. The molecule has 2 N–H and O–H groups in total. The number of carbonyl (C=O) groups is 2. The summed E-state index contributed by atoms with van der Waals surface area (Å²) in [5.41, 5.74) is 7.46. The molecule has 152 valence electrons. The van der Waals surface area contributed by atoms with Crippen molar-refractivity contribution in [2.75, 3.05) is 0 Å². The first-order valence-electron chi connectivity index (χ1n) is 10.9. The lowest BCUT2D eigenvalue weighted by atomic mass is 9.49. The monoisotopic (exact) mass is 391 g/mol. The average molecular weight is 392 g/mol. The van der Waals surface area contributed by atoms with Crippen molar-refractivity contribution >= 4 is 11.8 Å². The van der Waals surface area contributed by atoms with E-state index in [4.69, 9.17) is 0 Å². The van der Waals surface area contributed by atoms with Gasteiger partial charge in [0.25, 0.3) is 0 Å². The molecule has 0 aliphatic heterocycles. The minimum atomic E-state index is -0.183. The Labute approximate surface area is 171 Å². The summed E-state index contributed by atoms with van der Waals surface area (Å²) in [5.74, 6) is 2.27. The number of amides is 2. The van der Waals surface area contributed by atoms with E-state index in [1.807, 2.05) is 53.4 Å². The van der Waals surface area contributed by atoms with E-state index in [1.54, 1.807) is 0 Å². The van der Waals surface area contributed by atoms with Crippen molar-refractivity contribution in [3.63, 3.8) is 0 Å². The summed E-state index contributed by atoms with van der Waals surface area (Å²) in [6.45, 7) is 0. The number of hydrogen-bond acceptors (Lipinski definition) is 2. The number of benzene rings is 1. The predicted octanol–water partition coefficient (Wildman–Crippen LogP) is 3.77. The molecule has 1 heterocycles.